The molecule has 0 aliphatic heterocycles. The van der Waals surface area contributed by atoms with Gasteiger partial charge in [0.15, 0.2) is 11.6 Å². The molecule has 9 heteroatoms. The number of hydrogen-bond donors (Lipinski definition) is 1. The van der Waals surface area contributed by atoms with E-state index in [2.05, 4.69) is 14.9 Å². The average molecular weight is 351 g/mol. The van der Waals surface area contributed by atoms with Gasteiger partial charge >= 0.3 is 0 Å². The van der Waals surface area contributed by atoms with Crippen LogP contribution in [0.15, 0.2) is 57.9 Å². The van der Waals surface area contributed by atoms with Crippen LogP contribution in [-0.2, 0) is 16.4 Å². The fourth-order valence-corrected chi connectivity index (χ4v) is 2.93. The van der Waals surface area contributed by atoms with Gasteiger partial charge in [-0.15, -0.1) is 0 Å². The molecule has 0 saturated carbocycles. The van der Waals surface area contributed by atoms with Crippen molar-refractivity contribution in [1.29, 1.82) is 0 Å². The summed E-state index contributed by atoms with van der Waals surface area (Å²) in [6.07, 6.45) is 0.0390. The van der Waals surface area contributed by atoms with Crippen molar-refractivity contribution in [3.8, 4) is 0 Å². The molecule has 0 radical (unpaired) electrons. The van der Waals surface area contributed by atoms with Crippen LogP contribution >= 0.6 is 0 Å². The molecule has 1 N–H and O–H groups in total. The highest BCUT2D eigenvalue weighted by Crippen LogP contribution is 2.16. The summed E-state index contributed by atoms with van der Waals surface area (Å²) in [5.41, 5.74) is 0.412. The standard InChI is InChI=1S/C15H11F2N3O3S/c16-12-7-6-10(8-13(12)17)9-14-18-15(19-23-14)20-24(21,22)11-4-2-1-3-5-11/h1-8H,9H2,(H,19,20). The zero-order valence-corrected chi connectivity index (χ0v) is 12.9. The molecule has 0 atom stereocenters. The van der Waals surface area contributed by atoms with Gasteiger partial charge in [-0.3, -0.25) is 0 Å². The second-order valence-electron chi connectivity index (χ2n) is 4.86. The molecule has 0 aliphatic rings. The van der Waals surface area contributed by atoms with Crippen LogP contribution in [0.2, 0.25) is 0 Å². The minimum absolute atomic E-state index is 0.0390. The molecule has 24 heavy (non-hydrogen) atoms. The summed E-state index contributed by atoms with van der Waals surface area (Å²) >= 11 is 0. The summed E-state index contributed by atoms with van der Waals surface area (Å²) in [4.78, 5) is 3.94. The van der Waals surface area contributed by atoms with E-state index < -0.39 is 21.7 Å². The van der Waals surface area contributed by atoms with E-state index in [1.54, 1.807) is 18.2 Å². The van der Waals surface area contributed by atoms with Gasteiger partial charge in [-0.2, -0.15) is 4.98 Å². The lowest BCUT2D eigenvalue weighted by Crippen LogP contribution is -2.13. The Morgan fingerprint density at radius 3 is 2.50 bits per heavy atom. The number of sulfonamides is 1. The second kappa shape index (κ2) is 6.36. The summed E-state index contributed by atoms with van der Waals surface area (Å²) in [6.45, 7) is 0. The van der Waals surface area contributed by atoms with Gasteiger partial charge in [0.2, 0.25) is 5.89 Å². The van der Waals surface area contributed by atoms with E-state index in [1.807, 2.05) is 0 Å². The van der Waals surface area contributed by atoms with Gasteiger partial charge < -0.3 is 4.52 Å². The highest BCUT2D eigenvalue weighted by atomic mass is 32.2. The summed E-state index contributed by atoms with van der Waals surface area (Å²) in [7, 11) is -3.83. The molecule has 1 aromatic heterocycles. The van der Waals surface area contributed by atoms with Crippen molar-refractivity contribution in [1.82, 2.24) is 10.1 Å². The Kier molecular flexibility index (Phi) is 4.26. The van der Waals surface area contributed by atoms with E-state index in [4.69, 9.17) is 4.52 Å². The van der Waals surface area contributed by atoms with Gasteiger partial charge in [0.1, 0.15) is 0 Å². The molecule has 0 aliphatic carbocycles. The smallest absolute Gasteiger partial charge is 0.277 e. The number of anilines is 1. The largest absolute Gasteiger partial charge is 0.337 e. The predicted molar refractivity (Wildman–Crippen MR) is 80.7 cm³/mol. The minimum Gasteiger partial charge on any atom is -0.337 e. The zero-order valence-electron chi connectivity index (χ0n) is 12.1. The van der Waals surface area contributed by atoms with E-state index in [0.29, 0.717) is 5.56 Å². The Balaban J connectivity index is 1.75. The van der Waals surface area contributed by atoms with Gasteiger partial charge in [-0.25, -0.2) is 21.9 Å². The fourth-order valence-electron chi connectivity index (χ4n) is 1.97. The molecule has 1 heterocycles. The molecule has 0 spiro atoms. The summed E-state index contributed by atoms with van der Waals surface area (Å²) < 4.78 is 57.4. The maximum atomic E-state index is 13.2. The number of nitrogens with one attached hydrogen (secondary N) is 1. The Hall–Kier alpha value is -2.81. The van der Waals surface area contributed by atoms with Crippen LogP contribution in [-0.4, -0.2) is 18.6 Å². The Morgan fingerprint density at radius 2 is 1.79 bits per heavy atom. The topological polar surface area (TPSA) is 85.1 Å². The molecule has 3 aromatic rings. The number of hydrogen-bond acceptors (Lipinski definition) is 5. The quantitative estimate of drug-likeness (QED) is 0.764. The molecule has 0 unspecified atom stereocenters. The van der Waals surface area contributed by atoms with Crippen molar-refractivity contribution in [3.05, 3.63) is 71.6 Å². The third-order valence-corrected chi connectivity index (χ3v) is 4.43. The molecule has 0 saturated heterocycles. The van der Waals surface area contributed by atoms with Gasteiger partial charge in [-0.1, -0.05) is 24.3 Å². The van der Waals surface area contributed by atoms with E-state index in [0.717, 1.165) is 12.1 Å². The van der Waals surface area contributed by atoms with Crippen LogP contribution < -0.4 is 4.72 Å². The van der Waals surface area contributed by atoms with Gasteiger partial charge in [0.25, 0.3) is 16.0 Å². The molecular formula is C15H11F2N3O3S. The predicted octanol–water partition coefficient (Wildman–Crippen LogP) is 2.74. The molecule has 2 aromatic carbocycles. The van der Waals surface area contributed by atoms with Crippen LogP contribution in [0.1, 0.15) is 11.5 Å². The number of benzene rings is 2. The molecule has 6 nitrogen and oxygen atoms in total. The van der Waals surface area contributed by atoms with Crippen LogP contribution in [0, 0.1) is 11.6 Å². The lowest BCUT2D eigenvalue weighted by molar-refractivity contribution is 0.386. The molecular weight excluding hydrogens is 340 g/mol. The van der Waals surface area contributed by atoms with Crippen molar-refractivity contribution < 1.29 is 21.7 Å². The molecule has 0 amide bonds. The molecule has 124 valence electrons. The van der Waals surface area contributed by atoms with E-state index in [1.165, 1.54) is 18.2 Å². The minimum atomic E-state index is -3.83. The highest BCUT2D eigenvalue weighted by Gasteiger charge is 2.17. The molecule has 3 rings (SSSR count). The van der Waals surface area contributed by atoms with E-state index in [9.17, 15) is 17.2 Å². The second-order valence-corrected chi connectivity index (χ2v) is 6.54. The summed E-state index contributed by atoms with van der Waals surface area (Å²) in [5.74, 6) is -2.12. The highest BCUT2D eigenvalue weighted by molar-refractivity contribution is 7.92. The average Bonchev–Trinajstić information content (AvgIpc) is 2.98. The number of aromatic nitrogens is 2. The van der Waals surface area contributed by atoms with Crippen molar-refractivity contribution in [2.24, 2.45) is 0 Å². The maximum absolute atomic E-state index is 13.2. The zero-order chi connectivity index (χ0) is 17.2. The van der Waals surface area contributed by atoms with Crippen molar-refractivity contribution in [2.45, 2.75) is 11.3 Å². The van der Waals surface area contributed by atoms with Crippen LogP contribution in [0.4, 0.5) is 14.7 Å². The van der Waals surface area contributed by atoms with Gasteiger partial charge in [-0.05, 0) is 35.0 Å². The van der Waals surface area contributed by atoms with Crippen molar-refractivity contribution in [3.63, 3.8) is 0 Å². The van der Waals surface area contributed by atoms with Crippen molar-refractivity contribution >= 4 is 16.0 Å². The lowest BCUT2D eigenvalue weighted by atomic mass is 10.1. The Morgan fingerprint density at radius 1 is 1.04 bits per heavy atom. The Labute approximate surface area is 136 Å². The summed E-state index contributed by atoms with van der Waals surface area (Å²) in [5, 5.41) is 3.52. The van der Waals surface area contributed by atoms with Gasteiger partial charge in [0, 0.05) is 0 Å². The third-order valence-electron chi connectivity index (χ3n) is 3.09. The van der Waals surface area contributed by atoms with E-state index in [-0.39, 0.29) is 23.2 Å². The number of rotatable bonds is 5. The number of nitrogens with zero attached hydrogens (tertiary/aromatic N) is 2. The van der Waals surface area contributed by atoms with Crippen molar-refractivity contribution in [2.75, 3.05) is 4.72 Å². The van der Waals surface area contributed by atoms with Crippen LogP contribution in [0.3, 0.4) is 0 Å². The lowest BCUT2D eigenvalue weighted by Gasteiger charge is -2.02. The van der Waals surface area contributed by atoms with E-state index >= 15 is 0 Å². The normalized spacial score (nSPS) is 11.4. The maximum Gasteiger partial charge on any atom is 0.277 e. The first-order chi connectivity index (χ1) is 11.4. The Bertz CT molecular complexity index is 959. The molecule has 0 fully saturated rings. The van der Waals surface area contributed by atoms with Crippen LogP contribution in [0.25, 0.3) is 0 Å². The van der Waals surface area contributed by atoms with Crippen LogP contribution in [0.5, 0.6) is 0 Å². The SMILES string of the molecule is O=S(=O)(Nc1noc(Cc2ccc(F)c(F)c2)n1)c1ccccc1. The third kappa shape index (κ3) is 3.57. The summed E-state index contributed by atoms with van der Waals surface area (Å²) in [6, 6.07) is 11.1. The molecule has 0 bridgehead atoms. The number of halogens is 2. The first-order valence-electron chi connectivity index (χ1n) is 6.78. The van der Waals surface area contributed by atoms with Gasteiger partial charge in [0.05, 0.1) is 11.3 Å². The monoisotopic (exact) mass is 351 g/mol. The fraction of sp³-hybridized carbons (Fsp3) is 0.0667. The first-order valence-corrected chi connectivity index (χ1v) is 8.27. The first kappa shape index (κ1) is 16.1.